The van der Waals surface area contributed by atoms with E-state index < -0.39 is 17.7 Å². The Kier molecular flexibility index (Phi) is 8.65. The van der Waals surface area contributed by atoms with Crippen LogP contribution in [0.1, 0.15) is 78.6 Å². The van der Waals surface area contributed by atoms with E-state index in [0.29, 0.717) is 28.9 Å². The van der Waals surface area contributed by atoms with E-state index in [-0.39, 0.29) is 17.4 Å². The van der Waals surface area contributed by atoms with E-state index in [1.54, 1.807) is 18.2 Å². The Hall–Kier alpha value is -3.22. The molecule has 1 fully saturated rings. The fourth-order valence-corrected chi connectivity index (χ4v) is 4.09. The average molecular weight is 489 g/mol. The monoisotopic (exact) mass is 488 g/mol. The number of carbonyl (C=O) groups is 1. The van der Waals surface area contributed by atoms with Gasteiger partial charge >= 0.3 is 12.1 Å². The standard InChI is InChI=1S/C28H31F3O4/c1-18(2)9-16-23-24(35-22-7-5-4-6-8-22)17-20(25(26(23)32)27(33)34-3)13-10-19-11-14-21(15-12-19)28(29,30)31/h9-15,17,22,32H,4-8,16H2,1-3H3/b13-10+. The molecule has 1 aliphatic rings. The summed E-state index contributed by atoms with van der Waals surface area (Å²) in [5, 5.41) is 11.1. The van der Waals surface area contributed by atoms with E-state index in [9.17, 15) is 23.1 Å². The van der Waals surface area contributed by atoms with Crippen molar-refractivity contribution in [1.29, 1.82) is 0 Å². The van der Waals surface area contributed by atoms with Crippen molar-refractivity contribution in [2.75, 3.05) is 7.11 Å². The fourth-order valence-electron chi connectivity index (χ4n) is 4.09. The second-order valence-corrected chi connectivity index (χ2v) is 8.97. The van der Waals surface area contributed by atoms with Gasteiger partial charge in [0.2, 0.25) is 0 Å². The summed E-state index contributed by atoms with van der Waals surface area (Å²) in [7, 11) is 1.23. The topological polar surface area (TPSA) is 55.8 Å². The zero-order chi connectivity index (χ0) is 25.6. The summed E-state index contributed by atoms with van der Waals surface area (Å²) in [4.78, 5) is 12.6. The molecule has 2 aromatic rings. The second-order valence-electron chi connectivity index (χ2n) is 8.97. The van der Waals surface area contributed by atoms with Crippen molar-refractivity contribution in [2.24, 2.45) is 0 Å². The normalized spacial score (nSPS) is 14.7. The maximum atomic E-state index is 12.9. The number of phenolic OH excluding ortho intramolecular Hbond substituents is 1. The number of rotatable bonds is 7. The first-order chi connectivity index (χ1) is 16.6. The van der Waals surface area contributed by atoms with Crippen LogP contribution in [0, 0.1) is 0 Å². The zero-order valence-electron chi connectivity index (χ0n) is 20.2. The molecule has 7 heteroatoms. The summed E-state index contributed by atoms with van der Waals surface area (Å²) >= 11 is 0. The number of methoxy groups -OCH3 is 1. The van der Waals surface area contributed by atoms with Gasteiger partial charge in [0.25, 0.3) is 0 Å². The highest BCUT2D eigenvalue weighted by molar-refractivity contribution is 5.98. The Labute approximate surface area is 204 Å². The molecule has 0 aromatic heterocycles. The number of esters is 1. The van der Waals surface area contributed by atoms with Crippen LogP contribution >= 0.6 is 0 Å². The lowest BCUT2D eigenvalue weighted by atomic mass is 9.95. The van der Waals surface area contributed by atoms with Gasteiger partial charge in [0.1, 0.15) is 17.1 Å². The van der Waals surface area contributed by atoms with Gasteiger partial charge in [0.15, 0.2) is 0 Å². The van der Waals surface area contributed by atoms with E-state index in [1.165, 1.54) is 19.2 Å². The number of alkyl halides is 3. The number of carbonyl (C=O) groups excluding carboxylic acids is 1. The number of aromatic hydroxyl groups is 1. The maximum absolute atomic E-state index is 12.9. The van der Waals surface area contributed by atoms with Crippen molar-refractivity contribution < 1.29 is 32.5 Å². The van der Waals surface area contributed by atoms with Crippen LogP contribution in [0.4, 0.5) is 13.2 Å². The summed E-state index contributed by atoms with van der Waals surface area (Å²) in [6.07, 6.45) is 6.22. The third kappa shape index (κ3) is 6.90. The molecule has 0 aliphatic heterocycles. The van der Waals surface area contributed by atoms with Crippen LogP contribution in [0.3, 0.4) is 0 Å². The molecule has 0 unspecified atom stereocenters. The minimum atomic E-state index is -4.42. The SMILES string of the molecule is COC(=O)c1c(/C=C/c2ccc(C(F)(F)F)cc2)cc(OC2CCCCC2)c(CC=C(C)C)c1O. The molecule has 1 saturated carbocycles. The average Bonchev–Trinajstić information content (AvgIpc) is 2.82. The van der Waals surface area contributed by atoms with Crippen LogP contribution in [0.25, 0.3) is 12.2 Å². The predicted molar refractivity (Wildman–Crippen MR) is 130 cm³/mol. The molecular formula is C28H31F3O4. The lowest BCUT2D eigenvalue weighted by Crippen LogP contribution is -2.20. The van der Waals surface area contributed by atoms with Crippen LogP contribution in [-0.4, -0.2) is 24.3 Å². The quantitative estimate of drug-likeness (QED) is 0.248. The predicted octanol–water partition coefficient (Wildman–Crippen LogP) is 7.59. The van der Waals surface area contributed by atoms with E-state index in [4.69, 9.17) is 9.47 Å². The van der Waals surface area contributed by atoms with Crippen molar-refractivity contribution in [1.82, 2.24) is 0 Å². The van der Waals surface area contributed by atoms with Gasteiger partial charge in [0.05, 0.1) is 18.8 Å². The highest BCUT2D eigenvalue weighted by Gasteiger charge is 2.30. The molecule has 0 bridgehead atoms. The number of phenols is 1. The largest absolute Gasteiger partial charge is 0.507 e. The smallest absolute Gasteiger partial charge is 0.416 e. The summed E-state index contributed by atoms with van der Waals surface area (Å²) in [5.74, 6) is -0.432. The van der Waals surface area contributed by atoms with Gasteiger partial charge in [-0.15, -0.1) is 0 Å². The highest BCUT2D eigenvalue weighted by atomic mass is 19.4. The summed E-state index contributed by atoms with van der Waals surface area (Å²) in [6.45, 7) is 3.89. The number of allylic oxidation sites excluding steroid dienone is 2. The highest BCUT2D eigenvalue weighted by Crippen LogP contribution is 2.38. The maximum Gasteiger partial charge on any atom is 0.416 e. The van der Waals surface area contributed by atoms with Crippen LogP contribution in [-0.2, 0) is 17.3 Å². The van der Waals surface area contributed by atoms with E-state index in [1.807, 2.05) is 19.9 Å². The first kappa shape index (κ1) is 26.4. The Morgan fingerprint density at radius 1 is 1.09 bits per heavy atom. The molecule has 4 nitrogen and oxygen atoms in total. The molecule has 3 rings (SSSR count). The minimum Gasteiger partial charge on any atom is -0.507 e. The lowest BCUT2D eigenvalue weighted by Gasteiger charge is -2.25. The van der Waals surface area contributed by atoms with Crippen LogP contribution in [0.2, 0.25) is 0 Å². The van der Waals surface area contributed by atoms with Gasteiger partial charge in [-0.1, -0.05) is 42.4 Å². The molecule has 188 valence electrons. The molecule has 1 N–H and O–H groups in total. The molecule has 0 spiro atoms. The van der Waals surface area contributed by atoms with E-state index in [0.717, 1.165) is 49.8 Å². The zero-order valence-corrected chi connectivity index (χ0v) is 20.2. The van der Waals surface area contributed by atoms with Gasteiger partial charge in [0, 0.05) is 5.56 Å². The molecule has 2 aromatic carbocycles. The molecule has 0 heterocycles. The van der Waals surface area contributed by atoms with E-state index >= 15 is 0 Å². The van der Waals surface area contributed by atoms with Gasteiger partial charge in [-0.05, 0) is 75.3 Å². The third-order valence-electron chi connectivity index (χ3n) is 6.04. The van der Waals surface area contributed by atoms with Gasteiger partial charge in [-0.2, -0.15) is 13.2 Å². The molecule has 0 atom stereocenters. The van der Waals surface area contributed by atoms with Gasteiger partial charge in [-0.25, -0.2) is 4.79 Å². The minimum absolute atomic E-state index is 0.0104. The van der Waals surface area contributed by atoms with Crippen molar-refractivity contribution in [3.05, 3.63) is 69.8 Å². The summed E-state index contributed by atoms with van der Waals surface area (Å²) < 4.78 is 49.8. The Morgan fingerprint density at radius 2 is 1.74 bits per heavy atom. The molecule has 1 aliphatic carbocycles. The van der Waals surface area contributed by atoms with Crippen LogP contribution < -0.4 is 4.74 Å². The summed E-state index contributed by atoms with van der Waals surface area (Å²) in [5.41, 5.74) is 1.68. The molecular weight excluding hydrogens is 457 g/mol. The van der Waals surface area contributed by atoms with Crippen LogP contribution in [0.5, 0.6) is 11.5 Å². The van der Waals surface area contributed by atoms with Gasteiger partial charge < -0.3 is 14.6 Å². The Morgan fingerprint density at radius 3 is 2.31 bits per heavy atom. The van der Waals surface area contributed by atoms with Gasteiger partial charge in [-0.3, -0.25) is 0 Å². The summed E-state index contributed by atoms with van der Waals surface area (Å²) in [6, 6.07) is 6.39. The number of ether oxygens (including phenoxy) is 2. The third-order valence-corrected chi connectivity index (χ3v) is 6.04. The van der Waals surface area contributed by atoms with E-state index in [2.05, 4.69) is 0 Å². The first-order valence-electron chi connectivity index (χ1n) is 11.7. The molecule has 35 heavy (non-hydrogen) atoms. The lowest BCUT2D eigenvalue weighted by molar-refractivity contribution is -0.137. The number of halogens is 3. The molecule has 0 amide bonds. The number of benzene rings is 2. The number of hydrogen-bond acceptors (Lipinski definition) is 4. The second kappa shape index (κ2) is 11.5. The Balaban J connectivity index is 2.06. The van der Waals surface area contributed by atoms with Crippen molar-refractivity contribution in [3.8, 4) is 11.5 Å². The Bertz CT molecular complexity index is 1090. The fraction of sp³-hybridized carbons (Fsp3) is 0.393. The molecule has 0 radical (unpaired) electrons. The first-order valence-corrected chi connectivity index (χ1v) is 11.7. The van der Waals surface area contributed by atoms with Crippen molar-refractivity contribution in [2.45, 2.75) is 64.7 Å². The van der Waals surface area contributed by atoms with Crippen LogP contribution in [0.15, 0.2) is 42.0 Å². The number of hydrogen-bond donors (Lipinski definition) is 1. The van der Waals surface area contributed by atoms with Crippen molar-refractivity contribution in [3.63, 3.8) is 0 Å². The van der Waals surface area contributed by atoms with Crippen molar-refractivity contribution >= 4 is 18.1 Å². The molecule has 0 saturated heterocycles.